The number of aromatic nitrogens is 1. The van der Waals surface area contributed by atoms with E-state index in [1.165, 1.54) is 12.8 Å². The van der Waals surface area contributed by atoms with Gasteiger partial charge in [-0.05, 0) is 25.0 Å². The molecule has 1 saturated carbocycles. The molecule has 1 aromatic rings. The van der Waals surface area contributed by atoms with Crippen LogP contribution in [0.1, 0.15) is 31.2 Å². The van der Waals surface area contributed by atoms with Gasteiger partial charge in [0.1, 0.15) is 11.9 Å². The Morgan fingerprint density at radius 3 is 3.00 bits per heavy atom. The number of rotatable bonds is 2. The summed E-state index contributed by atoms with van der Waals surface area (Å²) in [4.78, 5) is 4.19. The smallest absolute Gasteiger partial charge is 0.144 e. The molecular weight excluding hydrogens is 200 g/mol. The van der Waals surface area contributed by atoms with Gasteiger partial charge in [-0.15, -0.1) is 0 Å². The van der Waals surface area contributed by atoms with Crippen molar-refractivity contribution < 1.29 is 0 Å². The second kappa shape index (κ2) is 4.95. The fraction of sp³-hybridized carbons (Fsp3) is 0.500. The van der Waals surface area contributed by atoms with E-state index in [0.29, 0.717) is 11.4 Å². The van der Waals surface area contributed by atoms with Crippen LogP contribution in [0, 0.1) is 11.3 Å². The number of pyridine rings is 1. The van der Waals surface area contributed by atoms with Gasteiger partial charge in [-0.1, -0.05) is 12.8 Å². The van der Waals surface area contributed by atoms with Gasteiger partial charge in [-0.25, -0.2) is 4.98 Å². The first-order valence-corrected chi connectivity index (χ1v) is 5.68. The molecule has 0 unspecified atom stereocenters. The number of nitrogens with zero attached hydrogens (tertiary/aromatic N) is 2. The van der Waals surface area contributed by atoms with E-state index in [1.807, 2.05) is 0 Å². The second-order valence-electron chi connectivity index (χ2n) is 4.21. The summed E-state index contributed by atoms with van der Waals surface area (Å²) in [6.07, 6.45) is 6.19. The van der Waals surface area contributed by atoms with Crippen LogP contribution in [-0.2, 0) is 0 Å². The zero-order chi connectivity index (χ0) is 11.4. The molecule has 3 N–H and O–H groups in total. The van der Waals surface area contributed by atoms with Crippen molar-refractivity contribution in [2.75, 3.05) is 5.32 Å². The predicted octanol–water partition coefficient (Wildman–Crippen LogP) is 1.64. The molecule has 0 bridgehead atoms. The van der Waals surface area contributed by atoms with Gasteiger partial charge in [0.2, 0.25) is 0 Å². The summed E-state index contributed by atoms with van der Waals surface area (Å²) < 4.78 is 0. The molecule has 0 amide bonds. The van der Waals surface area contributed by atoms with Crippen molar-refractivity contribution in [1.29, 1.82) is 5.26 Å². The first-order chi connectivity index (χ1) is 7.81. The molecule has 0 radical (unpaired) electrons. The van der Waals surface area contributed by atoms with Crippen LogP contribution < -0.4 is 11.1 Å². The van der Waals surface area contributed by atoms with E-state index in [0.717, 1.165) is 12.8 Å². The molecule has 0 aromatic carbocycles. The molecule has 1 fully saturated rings. The van der Waals surface area contributed by atoms with Crippen molar-refractivity contribution in [2.24, 2.45) is 5.73 Å². The Balaban J connectivity index is 2.11. The Bertz CT molecular complexity index is 396. The average Bonchev–Trinajstić information content (AvgIpc) is 2.33. The van der Waals surface area contributed by atoms with Crippen molar-refractivity contribution in [3.8, 4) is 6.07 Å². The second-order valence-corrected chi connectivity index (χ2v) is 4.21. The third-order valence-electron chi connectivity index (χ3n) is 3.07. The monoisotopic (exact) mass is 216 g/mol. The topological polar surface area (TPSA) is 74.7 Å². The Labute approximate surface area is 95.5 Å². The summed E-state index contributed by atoms with van der Waals surface area (Å²) in [5, 5.41) is 12.2. The summed E-state index contributed by atoms with van der Waals surface area (Å²) in [7, 11) is 0. The Morgan fingerprint density at radius 1 is 1.44 bits per heavy atom. The fourth-order valence-corrected chi connectivity index (χ4v) is 2.12. The molecule has 1 aliphatic rings. The summed E-state index contributed by atoms with van der Waals surface area (Å²) in [5.74, 6) is 0.660. The van der Waals surface area contributed by atoms with E-state index in [4.69, 9.17) is 11.0 Å². The minimum atomic E-state index is 0.169. The van der Waals surface area contributed by atoms with Crippen LogP contribution in [0.2, 0.25) is 0 Å². The maximum Gasteiger partial charge on any atom is 0.144 e. The molecule has 4 heteroatoms. The van der Waals surface area contributed by atoms with Gasteiger partial charge in [0.15, 0.2) is 0 Å². The summed E-state index contributed by atoms with van der Waals surface area (Å²) in [6.45, 7) is 0. The van der Waals surface area contributed by atoms with Gasteiger partial charge in [0.05, 0.1) is 5.56 Å². The lowest BCUT2D eigenvalue weighted by atomic mass is 9.91. The number of hydrogen-bond donors (Lipinski definition) is 2. The molecule has 1 aromatic heterocycles. The molecule has 1 aliphatic carbocycles. The number of nitrogens with two attached hydrogens (primary N) is 1. The van der Waals surface area contributed by atoms with Crippen LogP contribution in [0.15, 0.2) is 18.3 Å². The van der Waals surface area contributed by atoms with Gasteiger partial charge < -0.3 is 11.1 Å². The highest BCUT2D eigenvalue weighted by molar-refractivity contribution is 5.51. The van der Waals surface area contributed by atoms with E-state index in [2.05, 4.69) is 16.4 Å². The molecule has 2 rings (SSSR count). The molecule has 16 heavy (non-hydrogen) atoms. The van der Waals surface area contributed by atoms with Gasteiger partial charge in [0, 0.05) is 18.3 Å². The highest BCUT2D eigenvalue weighted by atomic mass is 15.0. The van der Waals surface area contributed by atoms with Crippen LogP contribution in [0.25, 0.3) is 0 Å². The molecule has 1 heterocycles. The number of nitrogens with one attached hydrogen (secondary N) is 1. The van der Waals surface area contributed by atoms with Crippen molar-refractivity contribution >= 4 is 5.82 Å². The summed E-state index contributed by atoms with van der Waals surface area (Å²) >= 11 is 0. The fourth-order valence-electron chi connectivity index (χ4n) is 2.12. The van der Waals surface area contributed by atoms with Crippen molar-refractivity contribution in [3.63, 3.8) is 0 Å². The van der Waals surface area contributed by atoms with Gasteiger partial charge in [-0.3, -0.25) is 0 Å². The maximum atomic E-state index is 8.95. The van der Waals surface area contributed by atoms with Gasteiger partial charge in [-0.2, -0.15) is 5.26 Å². The van der Waals surface area contributed by atoms with E-state index in [9.17, 15) is 0 Å². The third kappa shape index (κ3) is 2.31. The standard InChI is InChI=1S/C12H16N4/c13-8-9-4-3-7-15-12(9)16-11-6-2-1-5-10(11)14/h3-4,7,10-11H,1-2,5-6,14H2,(H,15,16)/t10-,11+/m0/s1. The number of anilines is 1. The minimum Gasteiger partial charge on any atom is -0.365 e. The zero-order valence-electron chi connectivity index (χ0n) is 9.19. The highest BCUT2D eigenvalue weighted by Gasteiger charge is 2.22. The first kappa shape index (κ1) is 10.9. The predicted molar refractivity (Wildman–Crippen MR) is 62.8 cm³/mol. The normalized spacial score (nSPS) is 24.8. The lowest BCUT2D eigenvalue weighted by Crippen LogP contribution is -2.42. The Hall–Kier alpha value is -1.60. The van der Waals surface area contributed by atoms with Crippen molar-refractivity contribution in [1.82, 2.24) is 4.98 Å². The van der Waals surface area contributed by atoms with E-state index in [-0.39, 0.29) is 12.1 Å². The summed E-state index contributed by atoms with van der Waals surface area (Å²) in [5.41, 5.74) is 6.63. The number of nitriles is 1. The van der Waals surface area contributed by atoms with Gasteiger partial charge >= 0.3 is 0 Å². The Kier molecular flexibility index (Phi) is 3.37. The largest absolute Gasteiger partial charge is 0.365 e. The van der Waals surface area contributed by atoms with Crippen LogP contribution in [0.4, 0.5) is 5.82 Å². The van der Waals surface area contributed by atoms with Crippen molar-refractivity contribution in [3.05, 3.63) is 23.9 Å². The van der Waals surface area contributed by atoms with Crippen LogP contribution >= 0.6 is 0 Å². The molecule has 2 atom stereocenters. The number of hydrogen-bond acceptors (Lipinski definition) is 4. The third-order valence-corrected chi connectivity index (χ3v) is 3.07. The van der Waals surface area contributed by atoms with Crippen LogP contribution in [0.3, 0.4) is 0 Å². The van der Waals surface area contributed by atoms with Gasteiger partial charge in [0.25, 0.3) is 0 Å². The maximum absolute atomic E-state index is 8.95. The molecule has 0 saturated heterocycles. The molecule has 0 aliphatic heterocycles. The molecule has 84 valence electrons. The Morgan fingerprint density at radius 2 is 2.25 bits per heavy atom. The lowest BCUT2D eigenvalue weighted by Gasteiger charge is -2.29. The van der Waals surface area contributed by atoms with Crippen LogP contribution in [0.5, 0.6) is 0 Å². The molecule has 0 spiro atoms. The quantitative estimate of drug-likeness (QED) is 0.788. The molecular formula is C12H16N4. The lowest BCUT2D eigenvalue weighted by molar-refractivity contribution is 0.403. The van der Waals surface area contributed by atoms with Crippen molar-refractivity contribution in [2.45, 2.75) is 37.8 Å². The minimum absolute atomic E-state index is 0.169. The SMILES string of the molecule is N#Cc1cccnc1N[C@@H]1CCCC[C@@H]1N. The zero-order valence-corrected chi connectivity index (χ0v) is 9.19. The van der Waals surface area contributed by atoms with E-state index in [1.54, 1.807) is 18.3 Å². The van der Waals surface area contributed by atoms with E-state index < -0.39 is 0 Å². The highest BCUT2D eigenvalue weighted by Crippen LogP contribution is 2.21. The summed E-state index contributed by atoms with van der Waals surface area (Å²) in [6, 6.07) is 6.08. The van der Waals surface area contributed by atoms with Crippen LogP contribution in [-0.4, -0.2) is 17.1 Å². The average molecular weight is 216 g/mol. The van der Waals surface area contributed by atoms with E-state index >= 15 is 0 Å². The first-order valence-electron chi connectivity index (χ1n) is 5.68. The molecule has 4 nitrogen and oxygen atoms in total.